The molecule has 0 saturated heterocycles. The average molecular weight is 381 g/mol. The van der Waals surface area contributed by atoms with Crippen molar-refractivity contribution in [2.24, 2.45) is 5.73 Å². The summed E-state index contributed by atoms with van der Waals surface area (Å²) in [7, 11) is 0. The van der Waals surface area contributed by atoms with Gasteiger partial charge in [-0.3, -0.25) is 0 Å². The number of rotatable bonds is 5. The Morgan fingerprint density at radius 1 is 1.32 bits per heavy atom. The van der Waals surface area contributed by atoms with E-state index >= 15 is 0 Å². The minimum absolute atomic E-state index is 0.469. The molecule has 0 unspecified atom stereocenters. The van der Waals surface area contributed by atoms with Crippen LogP contribution in [0.15, 0.2) is 28.1 Å². The molecule has 0 fully saturated rings. The van der Waals surface area contributed by atoms with Crippen LogP contribution in [-0.2, 0) is 13.0 Å². The first-order valence-corrected chi connectivity index (χ1v) is 8.07. The summed E-state index contributed by atoms with van der Waals surface area (Å²) in [6.07, 6.45) is 0.682. The molecule has 6 heteroatoms. The van der Waals surface area contributed by atoms with Crippen molar-refractivity contribution in [3.8, 4) is 5.75 Å². The molecule has 19 heavy (non-hydrogen) atoms. The minimum Gasteiger partial charge on any atom is -0.486 e. The topological polar surface area (TPSA) is 35.2 Å². The number of halogens is 3. The smallest absolute Gasteiger partial charge is 0.141 e. The van der Waals surface area contributed by atoms with Gasteiger partial charge in [0.25, 0.3) is 0 Å². The molecule has 102 valence electrons. The fraction of sp³-hybridized carbons (Fsp3) is 0.231. The SMILES string of the molecule is NCCc1cc(Cl)cc(Cl)c1OCc1sccc1Br. The largest absolute Gasteiger partial charge is 0.486 e. The highest BCUT2D eigenvalue weighted by Crippen LogP contribution is 2.34. The van der Waals surface area contributed by atoms with Crippen LogP contribution in [0.3, 0.4) is 0 Å². The Hall–Kier alpha value is -0.260. The fourth-order valence-electron chi connectivity index (χ4n) is 1.68. The van der Waals surface area contributed by atoms with E-state index in [1.807, 2.05) is 17.5 Å². The standard InChI is InChI=1S/C13H12BrCl2NOS/c14-10-2-4-19-12(10)7-18-13-8(1-3-17)5-9(15)6-11(13)16/h2,4-6H,1,3,7,17H2. The summed E-state index contributed by atoms with van der Waals surface area (Å²) in [6, 6.07) is 5.52. The highest BCUT2D eigenvalue weighted by molar-refractivity contribution is 9.10. The molecule has 0 aliphatic carbocycles. The molecule has 0 saturated carbocycles. The first-order valence-electron chi connectivity index (χ1n) is 5.64. The van der Waals surface area contributed by atoms with E-state index in [0.29, 0.717) is 35.4 Å². The quantitative estimate of drug-likeness (QED) is 0.800. The Kier molecular flexibility index (Phi) is 5.54. The van der Waals surface area contributed by atoms with Crippen LogP contribution in [0.2, 0.25) is 10.0 Å². The number of hydrogen-bond donors (Lipinski definition) is 1. The second kappa shape index (κ2) is 6.95. The lowest BCUT2D eigenvalue weighted by molar-refractivity contribution is 0.306. The van der Waals surface area contributed by atoms with Gasteiger partial charge in [0, 0.05) is 9.50 Å². The van der Waals surface area contributed by atoms with Crippen LogP contribution in [0.25, 0.3) is 0 Å². The molecular weight excluding hydrogens is 369 g/mol. The number of benzene rings is 1. The molecule has 0 spiro atoms. The van der Waals surface area contributed by atoms with Gasteiger partial charge >= 0.3 is 0 Å². The second-order valence-electron chi connectivity index (χ2n) is 3.89. The second-order valence-corrected chi connectivity index (χ2v) is 6.59. The number of ether oxygens (including phenoxy) is 1. The van der Waals surface area contributed by atoms with Crippen molar-refractivity contribution in [2.75, 3.05) is 6.54 Å². The van der Waals surface area contributed by atoms with Crippen LogP contribution in [-0.4, -0.2) is 6.54 Å². The molecule has 2 N–H and O–H groups in total. The van der Waals surface area contributed by atoms with Crippen molar-refractivity contribution >= 4 is 50.5 Å². The summed E-state index contributed by atoms with van der Waals surface area (Å²) in [5.74, 6) is 0.664. The first kappa shape index (κ1) is 15.1. The monoisotopic (exact) mass is 379 g/mol. The van der Waals surface area contributed by atoms with Gasteiger partial charge in [0.2, 0.25) is 0 Å². The molecule has 0 amide bonds. The van der Waals surface area contributed by atoms with E-state index < -0.39 is 0 Å². The lowest BCUT2D eigenvalue weighted by Crippen LogP contribution is -2.06. The van der Waals surface area contributed by atoms with Gasteiger partial charge in [-0.15, -0.1) is 11.3 Å². The lowest BCUT2D eigenvalue weighted by atomic mass is 10.1. The van der Waals surface area contributed by atoms with Gasteiger partial charge in [0.1, 0.15) is 12.4 Å². The van der Waals surface area contributed by atoms with Gasteiger partial charge < -0.3 is 10.5 Å². The maximum atomic E-state index is 6.19. The van der Waals surface area contributed by atoms with Gasteiger partial charge in [-0.25, -0.2) is 0 Å². The summed E-state index contributed by atoms with van der Waals surface area (Å²) >= 11 is 17.3. The van der Waals surface area contributed by atoms with E-state index in [-0.39, 0.29) is 0 Å². The van der Waals surface area contributed by atoms with E-state index in [1.54, 1.807) is 17.4 Å². The van der Waals surface area contributed by atoms with Crippen molar-refractivity contribution < 1.29 is 4.74 Å². The molecule has 1 aromatic heterocycles. The predicted molar refractivity (Wildman–Crippen MR) is 85.6 cm³/mol. The van der Waals surface area contributed by atoms with E-state index in [1.165, 1.54) is 0 Å². The summed E-state index contributed by atoms with van der Waals surface area (Å²) < 4.78 is 6.88. The lowest BCUT2D eigenvalue weighted by Gasteiger charge is -2.13. The van der Waals surface area contributed by atoms with Gasteiger partial charge in [-0.2, -0.15) is 0 Å². The van der Waals surface area contributed by atoms with E-state index in [2.05, 4.69) is 15.9 Å². The summed E-state index contributed by atoms with van der Waals surface area (Å²) in [5, 5.41) is 3.12. The van der Waals surface area contributed by atoms with Crippen molar-refractivity contribution in [1.82, 2.24) is 0 Å². The van der Waals surface area contributed by atoms with Crippen LogP contribution in [0, 0.1) is 0 Å². The maximum absolute atomic E-state index is 6.19. The van der Waals surface area contributed by atoms with Crippen LogP contribution in [0.1, 0.15) is 10.4 Å². The number of nitrogens with two attached hydrogens (primary N) is 1. The first-order chi connectivity index (χ1) is 9.11. The Balaban J connectivity index is 2.21. The third-order valence-corrected chi connectivity index (χ3v) is 4.94. The Morgan fingerprint density at radius 2 is 2.11 bits per heavy atom. The number of hydrogen-bond acceptors (Lipinski definition) is 3. The molecule has 1 aromatic carbocycles. The molecule has 0 aliphatic heterocycles. The highest BCUT2D eigenvalue weighted by Gasteiger charge is 2.12. The molecule has 0 atom stereocenters. The van der Waals surface area contributed by atoms with Gasteiger partial charge in [0.15, 0.2) is 0 Å². The van der Waals surface area contributed by atoms with E-state index in [4.69, 9.17) is 33.7 Å². The highest BCUT2D eigenvalue weighted by atomic mass is 79.9. The van der Waals surface area contributed by atoms with Gasteiger partial charge in [-0.05, 0) is 58.0 Å². The fourth-order valence-corrected chi connectivity index (χ4v) is 3.65. The third-order valence-electron chi connectivity index (χ3n) is 2.54. The van der Waals surface area contributed by atoms with Crippen LogP contribution in [0.4, 0.5) is 0 Å². The van der Waals surface area contributed by atoms with Crippen molar-refractivity contribution in [1.29, 1.82) is 0 Å². The molecule has 0 aliphatic rings. The third kappa shape index (κ3) is 3.86. The van der Waals surface area contributed by atoms with Gasteiger partial charge in [-0.1, -0.05) is 23.2 Å². The van der Waals surface area contributed by atoms with Crippen molar-refractivity contribution in [3.05, 3.63) is 48.5 Å². The van der Waals surface area contributed by atoms with Crippen molar-refractivity contribution in [2.45, 2.75) is 13.0 Å². The number of thiophene rings is 1. The van der Waals surface area contributed by atoms with E-state index in [9.17, 15) is 0 Å². The minimum atomic E-state index is 0.469. The summed E-state index contributed by atoms with van der Waals surface area (Å²) in [4.78, 5) is 1.12. The summed E-state index contributed by atoms with van der Waals surface area (Å²) in [6.45, 7) is 0.993. The zero-order chi connectivity index (χ0) is 13.8. The maximum Gasteiger partial charge on any atom is 0.141 e. The van der Waals surface area contributed by atoms with Crippen LogP contribution >= 0.6 is 50.5 Å². The average Bonchev–Trinajstić information content (AvgIpc) is 2.74. The molecule has 0 radical (unpaired) electrons. The molecule has 0 bridgehead atoms. The molecule has 2 aromatic rings. The Labute approximate surface area is 134 Å². The Bertz CT molecular complexity index is 574. The Morgan fingerprint density at radius 3 is 2.74 bits per heavy atom. The van der Waals surface area contributed by atoms with Crippen LogP contribution < -0.4 is 10.5 Å². The van der Waals surface area contributed by atoms with Crippen LogP contribution in [0.5, 0.6) is 5.75 Å². The summed E-state index contributed by atoms with van der Waals surface area (Å²) in [5.41, 5.74) is 6.53. The normalized spacial score (nSPS) is 10.7. The van der Waals surface area contributed by atoms with Gasteiger partial charge in [0.05, 0.1) is 9.90 Å². The molecular formula is C13H12BrCl2NOS. The predicted octanol–water partition coefficient (Wildman–Crippen LogP) is 4.90. The molecule has 2 nitrogen and oxygen atoms in total. The molecule has 1 heterocycles. The molecule has 2 rings (SSSR count). The van der Waals surface area contributed by atoms with E-state index in [0.717, 1.165) is 14.9 Å². The van der Waals surface area contributed by atoms with Crippen molar-refractivity contribution in [3.63, 3.8) is 0 Å². The zero-order valence-electron chi connectivity index (χ0n) is 9.96. The zero-order valence-corrected chi connectivity index (χ0v) is 13.9.